The van der Waals surface area contributed by atoms with Gasteiger partial charge in [0.2, 0.25) is 0 Å². The molecule has 6 heteroatoms. The van der Waals surface area contributed by atoms with Crippen LogP contribution in [0.25, 0.3) is 6.08 Å². The standard InChI is InChI=1S/C23H16Br2Cl2N2/c24-17-6-1-15(2-7-17)3-11-20-14-23(16-4-8-18(25)9-5-16)29(28-20)22-12-10-19(26)13-21(22)27/h1-13,23H,14H2/b11-3-/t23-/m0/s1. The van der Waals surface area contributed by atoms with E-state index in [4.69, 9.17) is 28.3 Å². The molecule has 0 amide bonds. The molecule has 4 rings (SSSR count). The van der Waals surface area contributed by atoms with Crippen LogP contribution in [0.1, 0.15) is 23.6 Å². The molecule has 29 heavy (non-hydrogen) atoms. The number of hydrazone groups is 1. The fraction of sp³-hybridized carbons (Fsp3) is 0.0870. The lowest BCUT2D eigenvalue weighted by Gasteiger charge is -2.25. The van der Waals surface area contributed by atoms with E-state index in [2.05, 4.69) is 68.3 Å². The SMILES string of the molecule is Clc1ccc(N2N=C(/C=C\c3ccc(Br)cc3)C[C@H]2c2ccc(Br)cc2)c(Cl)c1. The van der Waals surface area contributed by atoms with Gasteiger partial charge in [0.05, 0.1) is 22.5 Å². The van der Waals surface area contributed by atoms with Crippen molar-refractivity contribution in [3.05, 3.63) is 103 Å². The molecule has 1 aliphatic rings. The van der Waals surface area contributed by atoms with Gasteiger partial charge in [-0.1, -0.05) is 85.4 Å². The largest absolute Gasteiger partial charge is 0.256 e. The number of rotatable bonds is 4. The number of hydrogen-bond donors (Lipinski definition) is 0. The Kier molecular flexibility index (Phi) is 6.45. The zero-order chi connectivity index (χ0) is 20.4. The summed E-state index contributed by atoms with van der Waals surface area (Å²) in [4.78, 5) is 0. The molecular formula is C23H16Br2Cl2N2. The second kappa shape index (κ2) is 9.05. The molecule has 146 valence electrons. The van der Waals surface area contributed by atoms with Crippen molar-refractivity contribution in [2.75, 3.05) is 5.01 Å². The van der Waals surface area contributed by atoms with Crippen LogP contribution in [0.15, 0.2) is 86.9 Å². The molecule has 3 aromatic carbocycles. The molecule has 0 radical (unpaired) electrons. The smallest absolute Gasteiger partial charge is 0.0832 e. The number of halogens is 4. The molecule has 0 N–H and O–H groups in total. The van der Waals surface area contributed by atoms with Crippen LogP contribution in [0.2, 0.25) is 10.0 Å². The highest BCUT2D eigenvalue weighted by atomic mass is 79.9. The molecule has 0 unspecified atom stereocenters. The molecule has 1 heterocycles. The molecule has 0 saturated heterocycles. The third-order valence-corrected chi connectivity index (χ3v) is 6.28. The predicted molar refractivity (Wildman–Crippen MR) is 131 cm³/mol. The first kappa shape index (κ1) is 20.7. The van der Waals surface area contributed by atoms with Gasteiger partial charge in [0.15, 0.2) is 0 Å². The molecule has 0 aromatic heterocycles. The van der Waals surface area contributed by atoms with Gasteiger partial charge in [0.1, 0.15) is 0 Å². The van der Waals surface area contributed by atoms with Gasteiger partial charge in [0.25, 0.3) is 0 Å². The first-order valence-electron chi connectivity index (χ1n) is 9.00. The third kappa shape index (κ3) is 4.95. The quantitative estimate of drug-likeness (QED) is 0.318. The van der Waals surface area contributed by atoms with Crippen molar-refractivity contribution >= 4 is 72.5 Å². The topological polar surface area (TPSA) is 15.6 Å². The highest BCUT2D eigenvalue weighted by Gasteiger charge is 2.29. The minimum atomic E-state index is 0.0614. The van der Waals surface area contributed by atoms with Crippen LogP contribution in [-0.4, -0.2) is 5.71 Å². The predicted octanol–water partition coefficient (Wildman–Crippen LogP) is 8.54. The van der Waals surface area contributed by atoms with Gasteiger partial charge >= 0.3 is 0 Å². The molecule has 3 aromatic rings. The summed E-state index contributed by atoms with van der Waals surface area (Å²) in [5, 5.41) is 8.06. The van der Waals surface area contributed by atoms with Crippen molar-refractivity contribution in [3.8, 4) is 0 Å². The van der Waals surface area contributed by atoms with E-state index in [1.165, 1.54) is 5.56 Å². The van der Waals surface area contributed by atoms with Crippen LogP contribution in [0, 0.1) is 0 Å². The molecule has 0 saturated carbocycles. The summed E-state index contributed by atoms with van der Waals surface area (Å²) in [7, 11) is 0. The van der Waals surface area contributed by atoms with E-state index < -0.39 is 0 Å². The summed E-state index contributed by atoms with van der Waals surface area (Å²) in [6, 6.07) is 22.1. The molecule has 0 spiro atoms. The van der Waals surface area contributed by atoms with E-state index in [0.29, 0.717) is 10.0 Å². The van der Waals surface area contributed by atoms with Gasteiger partial charge in [-0.3, -0.25) is 5.01 Å². The molecular weight excluding hydrogens is 535 g/mol. The monoisotopic (exact) mass is 548 g/mol. The van der Waals surface area contributed by atoms with Gasteiger partial charge < -0.3 is 0 Å². The summed E-state index contributed by atoms with van der Waals surface area (Å²) >= 11 is 19.6. The number of allylic oxidation sites excluding steroid dienone is 1. The average Bonchev–Trinajstić information content (AvgIpc) is 3.12. The lowest BCUT2D eigenvalue weighted by Crippen LogP contribution is -2.18. The second-order valence-corrected chi connectivity index (χ2v) is 9.36. The zero-order valence-corrected chi connectivity index (χ0v) is 19.9. The number of nitrogens with zero attached hydrogens (tertiary/aromatic N) is 2. The van der Waals surface area contributed by atoms with E-state index in [1.54, 1.807) is 6.07 Å². The maximum absolute atomic E-state index is 6.50. The highest BCUT2D eigenvalue weighted by Crippen LogP contribution is 2.40. The van der Waals surface area contributed by atoms with Crippen LogP contribution >= 0.6 is 55.1 Å². The van der Waals surface area contributed by atoms with Crippen molar-refractivity contribution in [2.45, 2.75) is 12.5 Å². The fourth-order valence-electron chi connectivity index (χ4n) is 3.23. The Bertz CT molecular complexity index is 1080. The highest BCUT2D eigenvalue weighted by molar-refractivity contribution is 9.10. The lowest BCUT2D eigenvalue weighted by molar-refractivity contribution is 0.709. The Morgan fingerprint density at radius 3 is 2.17 bits per heavy atom. The van der Waals surface area contributed by atoms with Crippen LogP contribution in [0.4, 0.5) is 5.69 Å². The molecule has 1 atom stereocenters. The van der Waals surface area contributed by atoms with Gasteiger partial charge in [-0.2, -0.15) is 5.10 Å². The Balaban J connectivity index is 1.68. The average molecular weight is 551 g/mol. The summed E-state index contributed by atoms with van der Waals surface area (Å²) in [6.45, 7) is 0. The van der Waals surface area contributed by atoms with E-state index in [9.17, 15) is 0 Å². The maximum Gasteiger partial charge on any atom is 0.0832 e. The van der Waals surface area contributed by atoms with Crippen LogP contribution in [0.5, 0.6) is 0 Å². The number of anilines is 1. The van der Waals surface area contributed by atoms with Gasteiger partial charge in [-0.15, -0.1) is 0 Å². The zero-order valence-electron chi connectivity index (χ0n) is 15.2. The molecule has 2 nitrogen and oxygen atoms in total. The second-order valence-electron chi connectivity index (χ2n) is 6.69. The Morgan fingerprint density at radius 2 is 1.52 bits per heavy atom. The fourth-order valence-corrected chi connectivity index (χ4v) is 4.26. The summed E-state index contributed by atoms with van der Waals surface area (Å²) in [5.41, 5.74) is 4.14. The van der Waals surface area contributed by atoms with E-state index in [-0.39, 0.29) is 6.04 Å². The number of hydrogen-bond acceptors (Lipinski definition) is 2. The van der Waals surface area contributed by atoms with Crippen LogP contribution in [-0.2, 0) is 0 Å². The van der Waals surface area contributed by atoms with Crippen molar-refractivity contribution in [3.63, 3.8) is 0 Å². The Morgan fingerprint density at radius 1 is 0.862 bits per heavy atom. The van der Waals surface area contributed by atoms with E-state index in [1.807, 2.05) is 41.4 Å². The lowest BCUT2D eigenvalue weighted by atomic mass is 10.0. The van der Waals surface area contributed by atoms with Gasteiger partial charge in [0, 0.05) is 20.4 Å². The minimum Gasteiger partial charge on any atom is -0.256 e. The van der Waals surface area contributed by atoms with Crippen LogP contribution in [0.3, 0.4) is 0 Å². The van der Waals surface area contributed by atoms with Crippen molar-refractivity contribution in [1.82, 2.24) is 0 Å². The van der Waals surface area contributed by atoms with E-state index >= 15 is 0 Å². The first-order valence-corrected chi connectivity index (χ1v) is 11.3. The summed E-state index contributed by atoms with van der Waals surface area (Å²) < 4.78 is 2.11. The van der Waals surface area contributed by atoms with Gasteiger partial charge in [-0.25, -0.2) is 0 Å². The molecule has 0 aliphatic carbocycles. The maximum atomic E-state index is 6.50. The van der Waals surface area contributed by atoms with Crippen molar-refractivity contribution in [2.24, 2.45) is 5.10 Å². The van der Waals surface area contributed by atoms with Crippen LogP contribution < -0.4 is 5.01 Å². The van der Waals surface area contributed by atoms with Gasteiger partial charge in [-0.05, 0) is 59.7 Å². The normalized spacial score (nSPS) is 16.5. The Hall–Kier alpha value is -1.59. The molecule has 0 bridgehead atoms. The summed E-state index contributed by atoms with van der Waals surface area (Å²) in [6.07, 6.45) is 4.93. The minimum absolute atomic E-state index is 0.0614. The number of benzene rings is 3. The molecule has 0 fully saturated rings. The molecule has 1 aliphatic heterocycles. The summed E-state index contributed by atoms with van der Waals surface area (Å²) in [5.74, 6) is 0. The van der Waals surface area contributed by atoms with Crippen molar-refractivity contribution < 1.29 is 0 Å². The van der Waals surface area contributed by atoms with E-state index in [0.717, 1.165) is 32.3 Å². The first-order chi connectivity index (χ1) is 14.0. The third-order valence-electron chi connectivity index (χ3n) is 4.68. The Labute approximate surface area is 197 Å². The van der Waals surface area contributed by atoms with Crippen molar-refractivity contribution in [1.29, 1.82) is 0 Å².